The Morgan fingerprint density at radius 3 is 2.00 bits per heavy atom. The molecule has 0 aliphatic rings. The molecule has 0 bridgehead atoms. The minimum absolute atomic E-state index is 0.866. The number of pyridine rings is 4. The topological polar surface area (TPSA) is 56.5 Å². The predicted octanol–water partition coefficient (Wildman–Crippen LogP) is 8.13. The van der Waals surface area contributed by atoms with E-state index in [0.717, 1.165) is 65.7 Å². The van der Waals surface area contributed by atoms with Gasteiger partial charge in [0.05, 0.1) is 27.9 Å². The molecule has 0 spiro atoms. The summed E-state index contributed by atoms with van der Waals surface area (Å²) in [6.07, 6.45) is 9.09. The lowest BCUT2D eigenvalue weighted by atomic mass is 10.0. The van der Waals surface area contributed by atoms with Crippen molar-refractivity contribution in [1.82, 2.24) is 24.5 Å². The normalized spacial score (nSPS) is 11.3. The summed E-state index contributed by atoms with van der Waals surface area (Å²) in [4.78, 5) is 18.3. The summed E-state index contributed by atoms with van der Waals surface area (Å²) in [5.74, 6) is 0. The minimum Gasteiger partial charge on any atom is -0.308 e. The summed E-state index contributed by atoms with van der Waals surface area (Å²) in [7, 11) is 0. The fourth-order valence-electron chi connectivity index (χ4n) is 4.93. The Morgan fingerprint density at radius 2 is 1.29 bits per heavy atom. The molecule has 7 rings (SSSR count). The molecule has 7 aromatic rings. The summed E-state index contributed by atoms with van der Waals surface area (Å²) in [6.45, 7) is 0. The van der Waals surface area contributed by atoms with Crippen LogP contribution in [0, 0.1) is 0 Å². The molecule has 38 heavy (non-hydrogen) atoms. The van der Waals surface area contributed by atoms with E-state index in [-0.39, 0.29) is 0 Å². The van der Waals surface area contributed by atoms with E-state index >= 15 is 0 Å². The number of rotatable bonds is 4. The average molecular weight is 554 g/mol. The van der Waals surface area contributed by atoms with Gasteiger partial charge in [-0.3, -0.25) is 15.0 Å². The largest absolute Gasteiger partial charge is 0.308 e. The van der Waals surface area contributed by atoms with E-state index in [1.54, 1.807) is 12.4 Å². The highest BCUT2D eigenvalue weighted by Gasteiger charge is 2.15. The number of benzene rings is 2. The molecule has 0 saturated heterocycles. The maximum absolute atomic E-state index is 4.96. The molecular weight excluding hydrogens is 534 g/mol. The molecule has 180 valence electrons. The third-order valence-corrected chi connectivity index (χ3v) is 7.15. The summed E-state index contributed by atoms with van der Waals surface area (Å²) < 4.78 is 3.31. The van der Waals surface area contributed by atoms with Gasteiger partial charge in [-0.1, -0.05) is 28.1 Å². The molecule has 0 atom stereocenters. The van der Waals surface area contributed by atoms with Gasteiger partial charge < -0.3 is 4.57 Å². The molecule has 0 saturated carbocycles. The number of hydrogen-bond acceptors (Lipinski definition) is 4. The van der Waals surface area contributed by atoms with Crippen LogP contribution < -0.4 is 0 Å². The van der Waals surface area contributed by atoms with Crippen molar-refractivity contribution in [3.05, 3.63) is 126 Å². The first-order valence-electron chi connectivity index (χ1n) is 12.2. The van der Waals surface area contributed by atoms with Gasteiger partial charge in [-0.15, -0.1) is 0 Å². The molecule has 0 amide bonds. The molecule has 5 heterocycles. The minimum atomic E-state index is 0.866. The maximum atomic E-state index is 4.96. The lowest BCUT2D eigenvalue weighted by Crippen LogP contribution is -1.95. The molecular formula is C32H20BrN5. The van der Waals surface area contributed by atoms with Crippen LogP contribution in [0.4, 0.5) is 0 Å². The van der Waals surface area contributed by atoms with E-state index < -0.39 is 0 Å². The second-order valence-electron chi connectivity index (χ2n) is 9.03. The van der Waals surface area contributed by atoms with Gasteiger partial charge in [0.25, 0.3) is 0 Å². The lowest BCUT2D eigenvalue weighted by molar-refractivity contribution is 1.17. The van der Waals surface area contributed by atoms with Gasteiger partial charge in [-0.25, -0.2) is 4.98 Å². The molecule has 5 aromatic heterocycles. The highest BCUT2D eigenvalue weighted by Crippen LogP contribution is 2.35. The standard InChI is InChI=1S/C32H20BrN5/c33-25-10-11-30-27(18-25)32-31(9-4-14-36-32)38(30)26-8-1-5-21(15-26)24-16-28(22-6-2-12-34-19-22)37-29(17-24)23-7-3-13-35-20-23/h1-20H. The van der Waals surface area contributed by atoms with E-state index in [4.69, 9.17) is 9.97 Å². The molecule has 0 N–H and O–H groups in total. The quantitative estimate of drug-likeness (QED) is 0.221. The van der Waals surface area contributed by atoms with Crippen molar-refractivity contribution >= 4 is 37.9 Å². The molecule has 0 aliphatic heterocycles. The number of fused-ring (bicyclic) bond motifs is 3. The van der Waals surface area contributed by atoms with E-state index in [2.05, 4.69) is 91.1 Å². The first kappa shape index (κ1) is 22.5. The van der Waals surface area contributed by atoms with Crippen LogP contribution in [0.25, 0.3) is 61.3 Å². The van der Waals surface area contributed by atoms with E-state index in [1.807, 2.05) is 48.9 Å². The van der Waals surface area contributed by atoms with Crippen LogP contribution in [0.3, 0.4) is 0 Å². The number of hydrogen-bond donors (Lipinski definition) is 0. The van der Waals surface area contributed by atoms with Crippen molar-refractivity contribution in [3.63, 3.8) is 0 Å². The molecule has 0 radical (unpaired) electrons. The van der Waals surface area contributed by atoms with Crippen LogP contribution >= 0.6 is 15.9 Å². The summed E-state index contributed by atoms with van der Waals surface area (Å²) >= 11 is 3.63. The van der Waals surface area contributed by atoms with Crippen LogP contribution in [0.1, 0.15) is 0 Å². The average Bonchev–Trinajstić information content (AvgIpc) is 3.31. The van der Waals surface area contributed by atoms with Crippen LogP contribution in [0.15, 0.2) is 126 Å². The van der Waals surface area contributed by atoms with Crippen molar-refractivity contribution in [3.8, 4) is 39.3 Å². The Kier molecular flexibility index (Phi) is 5.52. The third-order valence-electron chi connectivity index (χ3n) is 6.66. The van der Waals surface area contributed by atoms with E-state index in [1.165, 1.54) is 0 Å². The molecule has 6 heteroatoms. The van der Waals surface area contributed by atoms with Crippen LogP contribution in [-0.4, -0.2) is 24.5 Å². The van der Waals surface area contributed by atoms with Gasteiger partial charge in [0.1, 0.15) is 0 Å². The second kappa shape index (κ2) is 9.32. The SMILES string of the molecule is Brc1ccc2c(c1)c1ncccc1n2-c1cccc(-c2cc(-c3cccnc3)nc(-c3cccnc3)c2)c1. The fraction of sp³-hybridized carbons (Fsp3) is 0. The van der Waals surface area contributed by atoms with Crippen LogP contribution in [-0.2, 0) is 0 Å². The number of aromatic nitrogens is 5. The Hall–Kier alpha value is -4.68. The first-order valence-corrected chi connectivity index (χ1v) is 13.0. The summed E-state index contributed by atoms with van der Waals surface area (Å²) in [5.41, 5.74) is 10.1. The smallest absolute Gasteiger partial charge is 0.0963 e. The summed E-state index contributed by atoms with van der Waals surface area (Å²) in [6, 6.07) is 31.2. The molecule has 0 aliphatic carbocycles. The van der Waals surface area contributed by atoms with Gasteiger partial charge in [-0.05, 0) is 90.0 Å². The van der Waals surface area contributed by atoms with Crippen molar-refractivity contribution in [2.24, 2.45) is 0 Å². The number of halogens is 1. The van der Waals surface area contributed by atoms with Gasteiger partial charge >= 0.3 is 0 Å². The monoisotopic (exact) mass is 553 g/mol. The highest BCUT2D eigenvalue weighted by molar-refractivity contribution is 9.10. The Labute approximate surface area is 227 Å². The molecule has 5 nitrogen and oxygen atoms in total. The lowest BCUT2D eigenvalue weighted by Gasteiger charge is -2.12. The van der Waals surface area contributed by atoms with Gasteiger partial charge in [0.15, 0.2) is 0 Å². The van der Waals surface area contributed by atoms with Crippen molar-refractivity contribution in [1.29, 1.82) is 0 Å². The van der Waals surface area contributed by atoms with Gasteiger partial charge in [-0.2, -0.15) is 0 Å². The van der Waals surface area contributed by atoms with Gasteiger partial charge in [0, 0.05) is 57.7 Å². The third kappa shape index (κ3) is 3.96. The zero-order valence-electron chi connectivity index (χ0n) is 20.2. The Balaban J connectivity index is 1.44. The van der Waals surface area contributed by atoms with Crippen LogP contribution in [0.2, 0.25) is 0 Å². The van der Waals surface area contributed by atoms with Crippen molar-refractivity contribution < 1.29 is 0 Å². The van der Waals surface area contributed by atoms with Crippen molar-refractivity contribution in [2.45, 2.75) is 0 Å². The fourth-order valence-corrected chi connectivity index (χ4v) is 5.29. The zero-order chi connectivity index (χ0) is 25.5. The van der Waals surface area contributed by atoms with E-state index in [9.17, 15) is 0 Å². The van der Waals surface area contributed by atoms with E-state index in [0.29, 0.717) is 0 Å². The Bertz CT molecular complexity index is 1870. The van der Waals surface area contributed by atoms with Crippen LogP contribution in [0.5, 0.6) is 0 Å². The van der Waals surface area contributed by atoms with Crippen molar-refractivity contribution in [2.75, 3.05) is 0 Å². The first-order chi connectivity index (χ1) is 18.7. The zero-order valence-corrected chi connectivity index (χ0v) is 21.7. The highest BCUT2D eigenvalue weighted by atomic mass is 79.9. The molecule has 0 fully saturated rings. The second-order valence-corrected chi connectivity index (χ2v) is 9.94. The Morgan fingerprint density at radius 1 is 0.579 bits per heavy atom. The maximum Gasteiger partial charge on any atom is 0.0963 e. The molecule has 0 unspecified atom stereocenters. The van der Waals surface area contributed by atoms with Gasteiger partial charge in [0.2, 0.25) is 0 Å². The molecule has 2 aromatic carbocycles. The predicted molar refractivity (Wildman–Crippen MR) is 156 cm³/mol. The summed E-state index contributed by atoms with van der Waals surface area (Å²) in [5, 5.41) is 1.11. The number of nitrogens with zero attached hydrogens (tertiary/aromatic N) is 5.